The molecule has 5 heteroatoms. The third-order valence-corrected chi connectivity index (χ3v) is 3.87. The molecule has 0 heterocycles. The number of hydrogen-bond donors (Lipinski definition) is 2. The molecule has 0 atom stereocenters. The fourth-order valence-corrected chi connectivity index (χ4v) is 2.69. The van der Waals surface area contributed by atoms with Crippen LogP contribution < -0.4 is 10.6 Å². The molecule has 3 aromatic rings. The molecule has 0 aliphatic heterocycles. The Morgan fingerprint density at radius 2 is 1.50 bits per heavy atom. The van der Waals surface area contributed by atoms with E-state index in [1.807, 2.05) is 66.7 Å². The Bertz CT molecular complexity index is 848. The van der Waals surface area contributed by atoms with Crippen LogP contribution >= 0.6 is 11.6 Å². The summed E-state index contributed by atoms with van der Waals surface area (Å²) in [6.45, 7) is 0. The highest BCUT2D eigenvalue weighted by Crippen LogP contribution is 2.29. The van der Waals surface area contributed by atoms with Crippen LogP contribution in [0.15, 0.2) is 84.0 Å². The lowest BCUT2D eigenvalue weighted by molar-refractivity contribution is 0.317. The molecule has 0 unspecified atom stereocenters. The van der Waals surface area contributed by atoms with Crippen molar-refractivity contribution in [3.8, 4) is 11.1 Å². The van der Waals surface area contributed by atoms with Crippen molar-refractivity contribution in [3.05, 3.63) is 83.9 Å². The number of nitrogens with two attached hydrogens (primary N) is 1. The highest BCUT2D eigenvalue weighted by atomic mass is 35.5. The maximum absolute atomic E-state index is 9.12. The predicted molar refractivity (Wildman–Crippen MR) is 98.9 cm³/mol. The van der Waals surface area contributed by atoms with Crippen LogP contribution in [0, 0.1) is 0 Å². The Morgan fingerprint density at radius 1 is 0.833 bits per heavy atom. The summed E-state index contributed by atoms with van der Waals surface area (Å²) in [5.41, 5.74) is 9.56. The molecular weight excluding hydrogens is 322 g/mol. The summed E-state index contributed by atoms with van der Waals surface area (Å²) in [5, 5.41) is 12.8. The quantitative estimate of drug-likeness (QED) is 0.311. The Labute approximate surface area is 145 Å². The molecule has 0 saturated heterocycles. The smallest absolute Gasteiger partial charge is 0.242 e. The lowest BCUT2D eigenvalue weighted by Gasteiger charge is -2.23. The van der Waals surface area contributed by atoms with Gasteiger partial charge in [0.25, 0.3) is 0 Å². The number of anilines is 2. The zero-order valence-electron chi connectivity index (χ0n) is 12.8. The standard InChI is InChI=1S/C19H16ClN3O/c20-16-7-4-8-18(13-16)23(19(21)22-24)17-11-9-15(10-12-17)14-5-2-1-3-6-14/h1-13,24H,(H2,21,22). The van der Waals surface area contributed by atoms with Crippen molar-refractivity contribution in [3.63, 3.8) is 0 Å². The Kier molecular flexibility index (Phi) is 4.68. The van der Waals surface area contributed by atoms with Crippen molar-refractivity contribution < 1.29 is 5.21 Å². The fraction of sp³-hybridized carbons (Fsp3) is 0. The summed E-state index contributed by atoms with van der Waals surface area (Å²) in [4.78, 5) is 1.63. The van der Waals surface area contributed by atoms with E-state index in [-0.39, 0.29) is 5.96 Å². The molecular formula is C19H16ClN3O. The molecule has 0 spiro atoms. The van der Waals surface area contributed by atoms with Crippen molar-refractivity contribution in [2.45, 2.75) is 0 Å². The van der Waals surface area contributed by atoms with Crippen molar-refractivity contribution in [1.82, 2.24) is 0 Å². The van der Waals surface area contributed by atoms with Gasteiger partial charge in [0.05, 0.1) is 5.69 Å². The van der Waals surface area contributed by atoms with Crippen molar-refractivity contribution in [1.29, 1.82) is 0 Å². The third-order valence-electron chi connectivity index (χ3n) is 3.63. The maximum atomic E-state index is 9.12. The van der Waals surface area contributed by atoms with E-state index < -0.39 is 0 Å². The Balaban J connectivity index is 2.00. The normalized spacial score (nSPS) is 11.3. The average molecular weight is 338 g/mol. The van der Waals surface area contributed by atoms with Crippen LogP contribution in [0.1, 0.15) is 0 Å². The van der Waals surface area contributed by atoms with Crippen LogP contribution in [0.25, 0.3) is 11.1 Å². The molecule has 3 aromatic carbocycles. The van der Waals surface area contributed by atoms with Crippen LogP contribution in [0.3, 0.4) is 0 Å². The first kappa shape index (κ1) is 15.9. The largest absolute Gasteiger partial charge is 0.408 e. The SMILES string of the molecule is N/C(=N\O)N(c1ccc(-c2ccccc2)cc1)c1cccc(Cl)c1. The molecule has 120 valence electrons. The summed E-state index contributed by atoms with van der Waals surface area (Å²) in [7, 11) is 0. The molecule has 0 aliphatic rings. The molecule has 0 bridgehead atoms. The number of oxime groups is 1. The second-order valence-corrected chi connectivity index (χ2v) is 5.62. The molecule has 0 saturated carbocycles. The van der Waals surface area contributed by atoms with Crippen molar-refractivity contribution >= 4 is 28.9 Å². The first-order valence-corrected chi connectivity index (χ1v) is 7.75. The number of rotatable bonds is 3. The maximum Gasteiger partial charge on any atom is 0.242 e. The first-order valence-electron chi connectivity index (χ1n) is 7.38. The van der Waals surface area contributed by atoms with Gasteiger partial charge in [0.1, 0.15) is 0 Å². The lowest BCUT2D eigenvalue weighted by Crippen LogP contribution is -2.33. The predicted octanol–water partition coefficient (Wildman–Crippen LogP) is 4.85. The minimum Gasteiger partial charge on any atom is -0.408 e. The minimum atomic E-state index is -0.0373. The van der Waals surface area contributed by atoms with Gasteiger partial charge in [-0.2, -0.15) is 0 Å². The summed E-state index contributed by atoms with van der Waals surface area (Å²) < 4.78 is 0. The number of guanidine groups is 1. The van der Waals surface area contributed by atoms with Crippen LogP contribution in [0.5, 0.6) is 0 Å². The number of halogens is 1. The molecule has 0 radical (unpaired) electrons. The van der Waals surface area contributed by atoms with E-state index in [9.17, 15) is 0 Å². The van der Waals surface area contributed by atoms with Gasteiger partial charge in [-0.15, -0.1) is 0 Å². The number of benzene rings is 3. The van der Waals surface area contributed by atoms with Crippen LogP contribution in [0.4, 0.5) is 11.4 Å². The summed E-state index contributed by atoms with van der Waals surface area (Å²) in [6, 6.07) is 25.1. The van der Waals surface area contributed by atoms with Gasteiger partial charge in [0, 0.05) is 10.7 Å². The molecule has 3 rings (SSSR count). The van der Waals surface area contributed by atoms with E-state index in [4.69, 9.17) is 22.5 Å². The van der Waals surface area contributed by atoms with Gasteiger partial charge in [-0.3, -0.25) is 4.90 Å². The first-order chi connectivity index (χ1) is 11.7. The zero-order chi connectivity index (χ0) is 16.9. The summed E-state index contributed by atoms with van der Waals surface area (Å²) in [6.07, 6.45) is 0. The Hall–Kier alpha value is -2.98. The van der Waals surface area contributed by atoms with Crippen molar-refractivity contribution in [2.75, 3.05) is 4.90 Å². The summed E-state index contributed by atoms with van der Waals surface area (Å²) in [5.74, 6) is -0.0373. The minimum absolute atomic E-state index is 0.0373. The van der Waals surface area contributed by atoms with E-state index in [1.165, 1.54) is 0 Å². The van der Waals surface area contributed by atoms with E-state index >= 15 is 0 Å². The highest BCUT2D eigenvalue weighted by molar-refractivity contribution is 6.31. The van der Waals surface area contributed by atoms with Gasteiger partial charge in [-0.1, -0.05) is 65.3 Å². The molecule has 3 N–H and O–H groups in total. The molecule has 0 fully saturated rings. The second-order valence-electron chi connectivity index (χ2n) is 5.19. The van der Waals surface area contributed by atoms with Gasteiger partial charge in [0.15, 0.2) is 0 Å². The zero-order valence-corrected chi connectivity index (χ0v) is 13.6. The van der Waals surface area contributed by atoms with E-state index in [2.05, 4.69) is 5.16 Å². The topological polar surface area (TPSA) is 61.9 Å². The van der Waals surface area contributed by atoms with Gasteiger partial charge in [-0.25, -0.2) is 0 Å². The second kappa shape index (κ2) is 7.06. The number of nitrogens with zero attached hydrogens (tertiary/aromatic N) is 2. The van der Waals surface area contributed by atoms with Crippen LogP contribution in [0.2, 0.25) is 5.02 Å². The average Bonchev–Trinajstić information content (AvgIpc) is 2.63. The van der Waals surface area contributed by atoms with Gasteiger partial charge in [-0.05, 0) is 41.5 Å². The fourth-order valence-electron chi connectivity index (χ4n) is 2.51. The lowest BCUT2D eigenvalue weighted by atomic mass is 10.1. The molecule has 0 aromatic heterocycles. The van der Waals surface area contributed by atoms with Crippen molar-refractivity contribution in [2.24, 2.45) is 10.9 Å². The Morgan fingerprint density at radius 3 is 2.12 bits per heavy atom. The third kappa shape index (κ3) is 3.34. The molecule has 24 heavy (non-hydrogen) atoms. The van der Waals surface area contributed by atoms with E-state index in [0.29, 0.717) is 10.7 Å². The molecule has 0 amide bonds. The highest BCUT2D eigenvalue weighted by Gasteiger charge is 2.14. The molecule has 4 nitrogen and oxygen atoms in total. The molecule has 0 aliphatic carbocycles. The summed E-state index contributed by atoms with van der Waals surface area (Å²) >= 11 is 6.06. The van der Waals surface area contributed by atoms with Gasteiger partial charge in [0.2, 0.25) is 5.96 Å². The van der Waals surface area contributed by atoms with Crippen LogP contribution in [-0.4, -0.2) is 11.2 Å². The van der Waals surface area contributed by atoms with E-state index in [0.717, 1.165) is 16.8 Å². The van der Waals surface area contributed by atoms with E-state index in [1.54, 1.807) is 17.0 Å². The van der Waals surface area contributed by atoms with Gasteiger partial charge >= 0.3 is 0 Å². The number of hydrogen-bond acceptors (Lipinski definition) is 2. The van der Waals surface area contributed by atoms with Gasteiger partial charge < -0.3 is 10.9 Å². The van der Waals surface area contributed by atoms with Crippen LogP contribution in [-0.2, 0) is 0 Å². The monoisotopic (exact) mass is 337 g/mol.